The summed E-state index contributed by atoms with van der Waals surface area (Å²) in [6, 6.07) is 0.630. The van der Waals surface area contributed by atoms with Crippen LogP contribution in [0.15, 0.2) is 23.2 Å². The van der Waals surface area contributed by atoms with Crippen molar-refractivity contribution in [3.05, 3.63) is 28.9 Å². The van der Waals surface area contributed by atoms with Crippen LogP contribution < -0.4 is 5.32 Å². The second-order valence-electron chi connectivity index (χ2n) is 5.59. The van der Waals surface area contributed by atoms with E-state index >= 15 is 0 Å². The van der Waals surface area contributed by atoms with Gasteiger partial charge in [0.25, 0.3) is 0 Å². The molecule has 2 heterocycles. The maximum atomic E-state index is 4.38. The summed E-state index contributed by atoms with van der Waals surface area (Å²) in [5.74, 6) is 1.59. The lowest BCUT2D eigenvalue weighted by atomic mass is 9.98. The fourth-order valence-corrected chi connectivity index (χ4v) is 3.24. The molecule has 0 bridgehead atoms. The van der Waals surface area contributed by atoms with E-state index in [1.807, 2.05) is 12.4 Å². The molecule has 3 unspecified atom stereocenters. The number of hydrogen-bond acceptors (Lipinski definition) is 3. The monoisotopic (exact) mass is 322 g/mol. The molecule has 19 heavy (non-hydrogen) atoms. The Morgan fingerprint density at radius 2 is 2.16 bits per heavy atom. The fourth-order valence-electron chi connectivity index (χ4n) is 2.94. The van der Waals surface area contributed by atoms with Crippen LogP contribution >= 0.6 is 15.9 Å². The van der Waals surface area contributed by atoms with Crippen LogP contribution in [0.5, 0.6) is 0 Å². The van der Waals surface area contributed by atoms with Gasteiger partial charge in [0, 0.05) is 18.8 Å². The second kappa shape index (κ2) is 5.21. The molecule has 1 N–H and O–H groups in total. The summed E-state index contributed by atoms with van der Waals surface area (Å²) in [5, 5.41) is 3.68. The number of nitrogens with zero attached hydrogens (tertiary/aromatic N) is 3. The first-order chi connectivity index (χ1) is 9.15. The van der Waals surface area contributed by atoms with Crippen LogP contribution in [0.4, 0.5) is 0 Å². The van der Waals surface area contributed by atoms with Crippen molar-refractivity contribution in [2.75, 3.05) is 0 Å². The largest absolute Gasteiger partial charge is 0.308 e. The summed E-state index contributed by atoms with van der Waals surface area (Å²) >= 11 is 3.41. The molecule has 2 aromatic rings. The number of aromatic nitrogens is 3. The second-order valence-corrected chi connectivity index (χ2v) is 6.40. The standard InChI is InChI=1S/C14H19BrN4/c1-9-3-4-12(10(9)2)16-5-11-6-18-14-7-17-13(15)8-19(11)14/h6-10,12,16H,3-5H2,1-2H3. The lowest BCUT2D eigenvalue weighted by molar-refractivity contribution is 0.368. The summed E-state index contributed by atoms with van der Waals surface area (Å²) in [6.07, 6.45) is 8.30. The molecule has 0 radical (unpaired) electrons. The Bertz CT molecular complexity index is 580. The van der Waals surface area contributed by atoms with Gasteiger partial charge < -0.3 is 5.32 Å². The van der Waals surface area contributed by atoms with Gasteiger partial charge in [-0.05, 0) is 40.6 Å². The summed E-state index contributed by atoms with van der Waals surface area (Å²) in [6.45, 7) is 5.56. The van der Waals surface area contributed by atoms with Crippen LogP contribution in [0.1, 0.15) is 32.4 Å². The molecule has 0 amide bonds. The molecule has 0 aliphatic heterocycles. The van der Waals surface area contributed by atoms with Crippen molar-refractivity contribution >= 4 is 21.6 Å². The Labute approximate surface area is 121 Å². The number of fused-ring (bicyclic) bond motifs is 1. The first-order valence-electron chi connectivity index (χ1n) is 6.86. The van der Waals surface area contributed by atoms with Crippen LogP contribution in [-0.2, 0) is 6.54 Å². The predicted molar refractivity (Wildman–Crippen MR) is 78.9 cm³/mol. The SMILES string of the molecule is CC1CCC(NCc2cnc3cnc(Br)cn23)C1C. The minimum atomic E-state index is 0.630. The minimum Gasteiger partial charge on any atom is -0.308 e. The summed E-state index contributed by atoms with van der Waals surface area (Å²) < 4.78 is 2.93. The van der Waals surface area contributed by atoms with E-state index in [1.165, 1.54) is 18.5 Å². The van der Waals surface area contributed by atoms with E-state index in [4.69, 9.17) is 0 Å². The van der Waals surface area contributed by atoms with Gasteiger partial charge in [0.15, 0.2) is 5.65 Å². The van der Waals surface area contributed by atoms with Crippen LogP contribution in [0.25, 0.3) is 5.65 Å². The quantitative estimate of drug-likeness (QED) is 0.944. The molecule has 0 spiro atoms. The number of nitrogens with one attached hydrogen (secondary N) is 1. The van der Waals surface area contributed by atoms with Gasteiger partial charge in [-0.25, -0.2) is 9.97 Å². The molecular formula is C14H19BrN4. The average molecular weight is 323 g/mol. The van der Waals surface area contributed by atoms with Crippen LogP contribution in [0, 0.1) is 11.8 Å². The smallest absolute Gasteiger partial charge is 0.155 e. The third-order valence-electron chi connectivity index (χ3n) is 4.45. The predicted octanol–water partition coefficient (Wildman–Crippen LogP) is 3.02. The molecule has 102 valence electrons. The van der Waals surface area contributed by atoms with Crippen LogP contribution in [0.2, 0.25) is 0 Å². The Hall–Kier alpha value is -0.940. The molecule has 3 rings (SSSR count). The molecular weight excluding hydrogens is 304 g/mol. The molecule has 1 fully saturated rings. The maximum absolute atomic E-state index is 4.38. The average Bonchev–Trinajstić information content (AvgIpc) is 2.93. The summed E-state index contributed by atoms with van der Waals surface area (Å²) in [5.41, 5.74) is 2.08. The van der Waals surface area contributed by atoms with Gasteiger partial charge in [-0.2, -0.15) is 0 Å². The van der Waals surface area contributed by atoms with Crippen LogP contribution in [0.3, 0.4) is 0 Å². The molecule has 1 saturated carbocycles. The first-order valence-corrected chi connectivity index (χ1v) is 7.65. The normalized spacial score (nSPS) is 27.2. The van der Waals surface area contributed by atoms with Gasteiger partial charge in [0.05, 0.1) is 18.1 Å². The molecule has 1 aliphatic rings. The van der Waals surface area contributed by atoms with Crippen molar-refractivity contribution in [2.45, 2.75) is 39.3 Å². The van der Waals surface area contributed by atoms with Crippen molar-refractivity contribution in [1.29, 1.82) is 0 Å². The van der Waals surface area contributed by atoms with Crippen molar-refractivity contribution in [3.8, 4) is 0 Å². The molecule has 2 aromatic heterocycles. The Kier molecular flexibility index (Phi) is 3.58. The zero-order chi connectivity index (χ0) is 13.4. The number of rotatable bonds is 3. The van der Waals surface area contributed by atoms with Gasteiger partial charge in [0.1, 0.15) is 4.60 Å². The fraction of sp³-hybridized carbons (Fsp3) is 0.571. The Balaban J connectivity index is 1.73. The molecule has 1 aliphatic carbocycles. The van der Waals surface area contributed by atoms with Crippen molar-refractivity contribution < 1.29 is 0 Å². The third-order valence-corrected chi connectivity index (χ3v) is 4.86. The van der Waals surface area contributed by atoms with E-state index in [-0.39, 0.29) is 0 Å². The topological polar surface area (TPSA) is 42.2 Å². The van der Waals surface area contributed by atoms with Gasteiger partial charge in [0.2, 0.25) is 0 Å². The maximum Gasteiger partial charge on any atom is 0.155 e. The highest BCUT2D eigenvalue weighted by Gasteiger charge is 2.29. The van der Waals surface area contributed by atoms with E-state index < -0.39 is 0 Å². The van der Waals surface area contributed by atoms with E-state index in [9.17, 15) is 0 Å². The third kappa shape index (κ3) is 2.54. The molecule has 0 saturated heterocycles. The lowest BCUT2D eigenvalue weighted by Gasteiger charge is -2.19. The highest BCUT2D eigenvalue weighted by Crippen LogP contribution is 2.31. The van der Waals surface area contributed by atoms with Crippen molar-refractivity contribution in [2.24, 2.45) is 11.8 Å². The Morgan fingerprint density at radius 3 is 2.89 bits per heavy atom. The van der Waals surface area contributed by atoms with Gasteiger partial charge in [-0.15, -0.1) is 0 Å². The van der Waals surface area contributed by atoms with Crippen molar-refractivity contribution in [3.63, 3.8) is 0 Å². The van der Waals surface area contributed by atoms with Gasteiger partial charge >= 0.3 is 0 Å². The van der Waals surface area contributed by atoms with Gasteiger partial charge in [-0.3, -0.25) is 4.40 Å². The molecule has 4 nitrogen and oxygen atoms in total. The highest BCUT2D eigenvalue weighted by molar-refractivity contribution is 9.10. The van der Waals surface area contributed by atoms with Gasteiger partial charge in [-0.1, -0.05) is 13.8 Å². The van der Waals surface area contributed by atoms with Crippen molar-refractivity contribution in [1.82, 2.24) is 19.7 Å². The molecule has 3 atom stereocenters. The summed E-state index contributed by atoms with van der Waals surface area (Å²) in [7, 11) is 0. The van der Waals surface area contributed by atoms with E-state index in [2.05, 4.69) is 49.5 Å². The Morgan fingerprint density at radius 1 is 1.32 bits per heavy atom. The zero-order valence-electron chi connectivity index (χ0n) is 11.3. The first kappa shape index (κ1) is 13.1. The van der Waals surface area contributed by atoms with E-state index in [1.54, 1.807) is 6.20 Å². The number of halogens is 1. The zero-order valence-corrected chi connectivity index (χ0v) is 12.9. The summed E-state index contributed by atoms with van der Waals surface area (Å²) in [4.78, 5) is 8.57. The lowest BCUT2D eigenvalue weighted by Crippen LogP contribution is -2.32. The van der Waals surface area contributed by atoms with E-state index in [0.717, 1.165) is 28.6 Å². The number of imidazole rings is 1. The van der Waals surface area contributed by atoms with E-state index in [0.29, 0.717) is 6.04 Å². The highest BCUT2D eigenvalue weighted by atomic mass is 79.9. The molecule has 5 heteroatoms. The number of hydrogen-bond donors (Lipinski definition) is 1. The minimum absolute atomic E-state index is 0.630. The van der Waals surface area contributed by atoms with Crippen LogP contribution in [-0.4, -0.2) is 20.4 Å². The molecule has 0 aromatic carbocycles.